The summed E-state index contributed by atoms with van der Waals surface area (Å²) in [7, 11) is 6.37. The van der Waals surface area contributed by atoms with Crippen LogP contribution in [0.3, 0.4) is 0 Å². The van der Waals surface area contributed by atoms with Gasteiger partial charge in [-0.25, -0.2) is 0 Å². The van der Waals surface area contributed by atoms with E-state index in [1.807, 2.05) is 0 Å². The van der Waals surface area contributed by atoms with Crippen molar-refractivity contribution in [3.8, 4) is 0 Å². The quantitative estimate of drug-likeness (QED) is 0.662. The molecule has 0 aliphatic carbocycles. The summed E-state index contributed by atoms with van der Waals surface area (Å²) in [6.07, 6.45) is 2.50. The summed E-state index contributed by atoms with van der Waals surface area (Å²) >= 11 is 0. The largest absolute Gasteiger partial charge is 0.395 e. The molecule has 0 aromatic rings. The van der Waals surface area contributed by atoms with Crippen molar-refractivity contribution >= 4 is 0 Å². The van der Waals surface area contributed by atoms with Crippen LogP contribution in [0.2, 0.25) is 0 Å². The molecule has 0 spiro atoms. The summed E-state index contributed by atoms with van der Waals surface area (Å²) in [5, 5.41) is 8.90. The molecule has 0 saturated carbocycles. The first-order valence-corrected chi connectivity index (χ1v) is 6.31. The van der Waals surface area contributed by atoms with E-state index < -0.39 is 0 Å². The second kappa shape index (κ2) is 7.22. The first-order chi connectivity index (χ1) is 7.63. The van der Waals surface area contributed by atoms with E-state index in [1.165, 1.54) is 39.0 Å². The molecule has 1 rings (SSSR count). The number of aliphatic hydroxyl groups excluding tert-OH is 1. The van der Waals surface area contributed by atoms with E-state index >= 15 is 0 Å². The van der Waals surface area contributed by atoms with E-state index in [4.69, 9.17) is 5.11 Å². The Morgan fingerprint density at radius 2 is 2.00 bits per heavy atom. The van der Waals surface area contributed by atoms with Gasteiger partial charge in [0.25, 0.3) is 0 Å². The lowest BCUT2D eigenvalue weighted by Crippen LogP contribution is -2.36. The average molecular weight is 229 g/mol. The molecule has 1 N–H and O–H groups in total. The highest BCUT2D eigenvalue weighted by atomic mass is 16.3. The van der Waals surface area contributed by atoms with Gasteiger partial charge in [0.1, 0.15) is 0 Å². The molecule has 0 amide bonds. The molecule has 4 heteroatoms. The fraction of sp³-hybridized carbons (Fsp3) is 1.00. The van der Waals surface area contributed by atoms with Crippen molar-refractivity contribution in [2.24, 2.45) is 0 Å². The van der Waals surface area contributed by atoms with E-state index in [1.54, 1.807) is 0 Å². The maximum Gasteiger partial charge on any atom is 0.0558 e. The standard InChI is InChI=1S/C12H27N3O/c1-13(2)6-4-7-15-8-5-12(11-15)14(3)9-10-16/h12,16H,4-11H2,1-3H3. The van der Waals surface area contributed by atoms with Crippen molar-refractivity contribution in [1.82, 2.24) is 14.7 Å². The number of hydrogen-bond donors (Lipinski definition) is 1. The Labute approximate surface area is 99.8 Å². The molecule has 1 fully saturated rings. The van der Waals surface area contributed by atoms with Gasteiger partial charge in [-0.1, -0.05) is 0 Å². The molecule has 16 heavy (non-hydrogen) atoms. The maximum atomic E-state index is 8.90. The normalized spacial score (nSPS) is 22.5. The number of nitrogens with zero attached hydrogens (tertiary/aromatic N) is 3. The Bertz CT molecular complexity index is 187. The Morgan fingerprint density at radius 3 is 2.62 bits per heavy atom. The molecule has 1 aliphatic rings. The molecule has 1 aliphatic heterocycles. The maximum absolute atomic E-state index is 8.90. The molecular formula is C12H27N3O. The highest BCUT2D eigenvalue weighted by molar-refractivity contribution is 4.81. The van der Waals surface area contributed by atoms with Crippen LogP contribution in [0.5, 0.6) is 0 Å². The Hall–Kier alpha value is -0.160. The summed E-state index contributed by atoms with van der Waals surface area (Å²) in [6.45, 7) is 5.84. The molecule has 1 atom stereocenters. The van der Waals surface area contributed by atoms with Crippen molar-refractivity contribution in [3.05, 3.63) is 0 Å². The van der Waals surface area contributed by atoms with Crippen molar-refractivity contribution in [2.75, 3.05) is 60.5 Å². The average Bonchev–Trinajstić information content (AvgIpc) is 2.66. The zero-order valence-corrected chi connectivity index (χ0v) is 11.0. The third-order valence-corrected chi connectivity index (χ3v) is 3.40. The molecule has 0 aromatic carbocycles. The van der Waals surface area contributed by atoms with Gasteiger partial charge in [-0.2, -0.15) is 0 Å². The van der Waals surface area contributed by atoms with E-state index in [0.29, 0.717) is 6.04 Å². The fourth-order valence-corrected chi connectivity index (χ4v) is 2.33. The minimum absolute atomic E-state index is 0.271. The smallest absolute Gasteiger partial charge is 0.0558 e. The van der Waals surface area contributed by atoms with Crippen LogP contribution in [0.1, 0.15) is 12.8 Å². The van der Waals surface area contributed by atoms with E-state index in [9.17, 15) is 0 Å². The van der Waals surface area contributed by atoms with Crippen LogP contribution in [0, 0.1) is 0 Å². The van der Waals surface area contributed by atoms with Crippen LogP contribution < -0.4 is 0 Å². The van der Waals surface area contributed by atoms with Gasteiger partial charge in [0.05, 0.1) is 6.61 Å². The molecule has 0 bridgehead atoms. The number of likely N-dealkylation sites (tertiary alicyclic amines) is 1. The third kappa shape index (κ3) is 4.78. The van der Waals surface area contributed by atoms with Gasteiger partial charge in [-0.3, -0.25) is 4.90 Å². The van der Waals surface area contributed by atoms with Crippen LogP contribution in [0.25, 0.3) is 0 Å². The van der Waals surface area contributed by atoms with Gasteiger partial charge in [0.15, 0.2) is 0 Å². The topological polar surface area (TPSA) is 30.0 Å². The Kier molecular flexibility index (Phi) is 6.28. The number of rotatable bonds is 7. The lowest BCUT2D eigenvalue weighted by molar-refractivity contribution is 0.177. The molecule has 1 saturated heterocycles. The van der Waals surface area contributed by atoms with Gasteiger partial charge >= 0.3 is 0 Å². The van der Waals surface area contributed by atoms with Crippen LogP contribution in [0.4, 0.5) is 0 Å². The second-order valence-electron chi connectivity index (χ2n) is 5.10. The predicted octanol–water partition coefficient (Wildman–Crippen LogP) is -0.0635. The second-order valence-corrected chi connectivity index (χ2v) is 5.10. The van der Waals surface area contributed by atoms with Crippen molar-refractivity contribution < 1.29 is 5.11 Å². The number of aliphatic hydroxyl groups is 1. The summed E-state index contributed by atoms with van der Waals surface area (Å²) in [4.78, 5) is 7.07. The van der Waals surface area contributed by atoms with Gasteiger partial charge in [0, 0.05) is 19.1 Å². The van der Waals surface area contributed by atoms with Gasteiger partial charge in [-0.05, 0) is 53.6 Å². The lowest BCUT2D eigenvalue weighted by Gasteiger charge is -2.24. The third-order valence-electron chi connectivity index (χ3n) is 3.40. The molecule has 1 heterocycles. The SMILES string of the molecule is CN(C)CCCN1CCC(N(C)CCO)C1. The van der Waals surface area contributed by atoms with Crippen LogP contribution in [-0.2, 0) is 0 Å². The van der Waals surface area contributed by atoms with E-state index in [-0.39, 0.29) is 6.61 Å². The van der Waals surface area contributed by atoms with E-state index in [2.05, 4.69) is 35.8 Å². The minimum Gasteiger partial charge on any atom is -0.395 e. The fourth-order valence-electron chi connectivity index (χ4n) is 2.33. The zero-order valence-electron chi connectivity index (χ0n) is 11.0. The minimum atomic E-state index is 0.271. The molecule has 0 aromatic heterocycles. The van der Waals surface area contributed by atoms with Crippen molar-refractivity contribution in [3.63, 3.8) is 0 Å². The zero-order chi connectivity index (χ0) is 12.0. The first kappa shape index (κ1) is 13.9. The summed E-state index contributed by atoms with van der Waals surface area (Å²) < 4.78 is 0. The Morgan fingerprint density at radius 1 is 1.25 bits per heavy atom. The lowest BCUT2D eigenvalue weighted by atomic mass is 10.2. The van der Waals surface area contributed by atoms with Gasteiger partial charge in [-0.15, -0.1) is 0 Å². The molecule has 0 radical (unpaired) electrons. The van der Waals surface area contributed by atoms with Gasteiger partial charge in [0.2, 0.25) is 0 Å². The summed E-state index contributed by atoms with van der Waals surface area (Å²) in [5.74, 6) is 0. The number of likely N-dealkylation sites (N-methyl/N-ethyl adjacent to an activating group) is 1. The monoisotopic (exact) mass is 229 g/mol. The highest BCUT2D eigenvalue weighted by Crippen LogP contribution is 2.14. The molecule has 4 nitrogen and oxygen atoms in total. The number of hydrogen-bond acceptors (Lipinski definition) is 4. The van der Waals surface area contributed by atoms with Crippen molar-refractivity contribution in [1.29, 1.82) is 0 Å². The van der Waals surface area contributed by atoms with Gasteiger partial charge < -0.3 is 14.9 Å². The Balaban J connectivity index is 2.14. The molecule has 96 valence electrons. The summed E-state index contributed by atoms with van der Waals surface area (Å²) in [6, 6.07) is 0.645. The molecule has 1 unspecified atom stereocenters. The van der Waals surface area contributed by atoms with Crippen LogP contribution in [-0.4, -0.2) is 86.3 Å². The first-order valence-electron chi connectivity index (χ1n) is 6.31. The molecular weight excluding hydrogens is 202 g/mol. The van der Waals surface area contributed by atoms with Crippen LogP contribution >= 0.6 is 0 Å². The van der Waals surface area contributed by atoms with Crippen LogP contribution in [0.15, 0.2) is 0 Å². The van der Waals surface area contributed by atoms with Crippen molar-refractivity contribution in [2.45, 2.75) is 18.9 Å². The predicted molar refractivity (Wildman–Crippen MR) is 67.7 cm³/mol. The summed E-state index contributed by atoms with van der Waals surface area (Å²) in [5.41, 5.74) is 0. The highest BCUT2D eigenvalue weighted by Gasteiger charge is 2.24. The van der Waals surface area contributed by atoms with E-state index in [0.717, 1.165) is 6.54 Å².